The van der Waals surface area contributed by atoms with Crippen LogP contribution < -0.4 is 16.0 Å². The standard InChI is InChI=1S/C18H21BrN6O2/c1-11(26)23-13-3-2-6-25(10-13)14-4-5-21-8-12(14)7-15(27)17-18(20)22-9-16(19)24-17/h4-5,8-9,13H,2-3,6-7,10H2,1H3,(H2,20,22)(H,23,26). The van der Waals surface area contributed by atoms with E-state index in [9.17, 15) is 9.59 Å². The first kappa shape index (κ1) is 19.2. The average Bonchev–Trinajstić information content (AvgIpc) is 2.64. The highest BCUT2D eigenvalue weighted by atomic mass is 79.9. The molecule has 0 aliphatic carbocycles. The van der Waals surface area contributed by atoms with Crippen LogP contribution in [-0.2, 0) is 11.2 Å². The lowest BCUT2D eigenvalue weighted by Gasteiger charge is -2.35. The van der Waals surface area contributed by atoms with Crippen LogP contribution in [0.4, 0.5) is 11.5 Å². The van der Waals surface area contributed by atoms with Gasteiger partial charge in [0.1, 0.15) is 10.3 Å². The highest BCUT2D eigenvalue weighted by Gasteiger charge is 2.24. The van der Waals surface area contributed by atoms with Crippen LogP contribution >= 0.6 is 15.9 Å². The number of pyridine rings is 1. The molecule has 0 radical (unpaired) electrons. The molecule has 1 amide bonds. The Hall–Kier alpha value is -2.55. The fourth-order valence-corrected chi connectivity index (χ4v) is 3.58. The van der Waals surface area contributed by atoms with E-state index in [1.165, 1.54) is 13.1 Å². The second kappa shape index (κ2) is 8.43. The number of aromatic nitrogens is 3. The number of nitrogens with zero attached hydrogens (tertiary/aromatic N) is 4. The number of hydrogen-bond donors (Lipinski definition) is 2. The Morgan fingerprint density at radius 2 is 2.22 bits per heavy atom. The van der Waals surface area contributed by atoms with Crippen molar-refractivity contribution >= 4 is 39.1 Å². The minimum Gasteiger partial charge on any atom is -0.382 e. The number of anilines is 2. The molecule has 27 heavy (non-hydrogen) atoms. The van der Waals surface area contributed by atoms with E-state index in [2.05, 4.69) is 41.1 Å². The van der Waals surface area contributed by atoms with Gasteiger partial charge < -0.3 is 16.0 Å². The molecule has 9 heteroatoms. The summed E-state index contributed by atoms with van der Waals surface area (Å²) in [5.41, 5.74) is 7.69. The molecule has 1 aliphatic rings. The molecule has 3 rings (SSSR count). The number of carbonyl (C=O) groups is 2. The first-order valence-electron chi connectivity index (χ1n) is 8.70. The van der Waals surface area contributed by atoms with Gasteiger partial charge in [-0.2, -0.15) is 0 Å². The lowest BCUT2D eigenvalue weighted by molar-refractivity contribution is -0.119. The van der Waals surface area contributed by atoms with Crippen molar-refractivity contribution in [1.82, 2.24) is 20.3 Å². The Morgan fingerprint density at radius 3 is 3.00 bits per heavy atom. The molecule has 0 saturated carbocycles. The molecule has 2 aromatic heterocycles. The molecule has 1 aliphatic heterocycles. The number of nitrogen functional groups attached to an aromatic ring is 1. The molecule has 142 valence electrons. The molecular formula is C18H21BrN6O2. The van der Waals surface area contributed by atoms with E-state index >= 15 is 0 Å². The molecule has 1 fully saturated rings. The van der Waals surface area contributed by atoms with Crippen molar-refractivity contribution in [1.29, 1.82) is 0 Å². The summed E-state index contributed by atoms with van der Waals surface area (Å²) < 4.78 is 0.459. The number of piperidine rings is 1. The summed E-state index contributed by atoms with van der Waals surface area (Å²) in [7, 11) is 0. The van der Waals surface area contributed by atoms with Gasteiger partial charge in [0, 0.05) is 56.1 Å². The van der Waals surface area contributed by atoms with Gasteiger partial charge in [-0.05, 0) is 34.8 Å². The number of rotatable bonds is 5. The monoisotopic (exact) mass is 432 g/mol. The van der Waals surface area contributed by atoms with Crippen molar-refractivity contribution in [2.24, 2.45) is 0 Å². The Labute approximate surface area is 165 Å². The summed E-state index contributed by atoms with van der Waals surface area (Å²) in [5, 5.41) is 2.98. The quantitative estimate of drug-likeness (QED) is 0.691. The van der Waals surface area contributed by atoms with Crippen molar-refractivity contribution in [3.8, 4) is 0 Å². The molecule has 8 nitrogen and oxygen atoms in total. The second-order valence-electron chi connectivity index (χ2n) is 6.52. The van der Waals surface area contributed by atoms with Gasteiger partial charge in [-0.3, -0.25) is 14.6 Å². The van der Waals surface area contributed by atoms with Crippen LogP contribution in [0.15, 0.2) is 29.3 Å². The Kier molecular flexibility index (Phi) is 6.00. The first-order chi connectivity index (χ1) is 12.9. The van der Waals surface area contributed by atoms with Gasteiger partial charge >= 0.3 is 0 Å². The number of Topliss-reactive ketones (excluding diaryl/α,β-unsaturated/α-hetero) is 1. The number of halogens is 1. The number of nitrogens with two attached hydrogens (primary N) is 1. The SMILES string of the molecule is CC(=O)NC1CCCN(c2ccncc2CC(=O)c2nc(Br)cnc2N)C1. The Morgan fingerprint density at radius 1 is 1.41 bits per heavy atom. The fourth-order valence-electron chi connectivity index (χ4n) is 3.30. The van der Waals surface area contributed by atoms with Crippen LogP contribution in [0.1, 0.15) is 35.8 Å². The van der Waals surface area contributed by atoms with Crippen LogP contribution in [0.25, 0.3) is 0 Å². The normalized spacial score (nSPS) is 16.8. The lowest BCUT2D eigenvalue weighted by Crippen LogP contribution is -2.47. The van der Waals surface area contributed by atoms with Crippen LogP contribution in [0.2, 0.25) is 0 Å². The van der Waals surface area contributed by atoms with Crippen molar-refractivity contribution < 1.29 is 9.59 Å². The third-order valence-electron chi connectivity index (χ3n) is 4.43. The predicted octanol–water partition coefficient (Wildman–Crippen LogP) is 1.75. The van der Waals surface area contributed by atoms with E-state index in [1.54, 1.807) is 12.4 Å². The summed E-state index contributed by atoms with van der Waals surface area (Å²) in [4.78, 5) is 38.6. The van der Waals surface area contributed by atoms with E-state index in [4.69, 9.17) is 5.73 Å². The predicted molar refractivity (Wildman–Crippen MR) is 105 cm³/mol. The summed E-state index contributed by atoms with van der Waals surface area (Å²) in [5.74, 6) is -0.140. The minimum atomic E-state index is -0.217. The highest BCUT2D eigenvalue weighted by Crippen LogP contribution is 2.25. The third-order valence-corrected chi connectivity index (χ3v) is 4.82. The molecular weight excluding hydrogens is 412 g/mol. The summed E-state index contributed by atoms with van der Waals surface area (Å²) in [6.07, 6.45) is 6.89. The maximum absolute atomic E-state index is 12.7. The summed E-state index contributed by atoms with van der Waals surface area (Å²) in [6, 6.07) is 1.99. The number of hydrogen-bond acceptors (Lipinski definition) is 7. The van der Waals surface area contributed by atoms with E-state index in [0.29, 0.717) is 11.1 Å². The second-order valence-corrected chi connectivity index (χ2v) is 7.33. The molecule has 0 aromatic carbocycles. The third kappa shape index (κ3) is 4.79. The zero-order valence-corrected chi connectivity index (χ0v) is 16.6. The van der Waals surface area contributed by atoms with Crippen molar-refractivity contribution in [3.63, 3.8) is 0 Å². The zero-order chi connectivity index (χ0) is 19.4. The topological polar surface area (TPSA) is 114 Å². The molecule has 1 atom stereocenters. The van der Waals surface area contributed by atoms with Crippen LogP contribution in [0.3, 0.4) is 0 Å². The number of nitrogens with one attached hydrogen (secondary N) is 1. The molecule has 0 bridgehead atoms. The minimum absolute atomic E-state index is 0.0318. The van der Waals surface area contributed by atoms with E-state index in [1.807, 2.05) is 6.07 Å². The maximum atomic E-state index is 12.7. The number of carbonyl (C=O) groups excluding carboxylic acids is 2. The lowest BCUT2D eigenvalue weighted by atomic mass is 10.0. The van der Waals surface area contributed by atoms with Gasteiger partial charge in [0.15, 0.2) is 11.6 Å². The van der Waals surface area contributed by atoms with E-state index in [-0.39, 0.29) is 35.7 Å². The van der Waals surface area contributed by atoms with Crippen molar-refractivity contribution in [2.45, 2.75) is 32.2 Å². The largest absolute Gasteiger partial charge is 0.382 e. The molecule has 1 saturated heterocycles. The van der Waals surface area contributed by atoms with E-state index < -0.39 is 0 Å². The van der Waals surface area contributed by atoms with Gasteiger partial charge in [0.05, 0.1) is 6.20 Å². The van der Waals surface area contributed by atoms with Gasteiger partial charge in [0.25, 0.3) is 0 Å². The van der Waals surface area contributed by atoms with E-state index in [0.717, 1.165) is 30.6 Å². The number of amides is 1. The average molecular weight is 433 g/mol. The maximum Gasteiger partial charge on any atom is 0.217 e. The van der Waals surface area contributed by atoms with Crippen LogP contribution in [0, 0.1) is 0 Å². The Bertz CT molecular complexity index is 859. The van der Waals surface area contributed by atoms with Crippen LogP contribution in [-0.4, -0.2) is 45.8 Å². The van der Waals surface area contributed by atoms with Gasteiger partial charge in [-0.1, -0.05) is 0 Å². The molecule has 3 N–H and O–H groups in total. The summed E-state index contributed by atoms with van der Waals surface area (Å²) in [6.45, 7) is 3.09. The van der Waals surface area contributed by atoms with Crippen molar-refractivity contribution in [3.05, 3.63) is 40.5 Å². The summed E-state index contributed by atoms with van der Waals surface area (Å²) >= 11 is 3.22. The smallest absolute Gasteiger partial charge is 0.217 e. The zero-order valence-electron chi connectivity index (χ0n) is 15.0. The highest BCUT2D eigenvalue weighted by molar-refractivity contribution is 9.10. The fraction of sp³-hybridized carbons (Fsp3) is 0.389. The van der Waals surface area contributed by atoms with Gasteiger partial charge in [-0.25, -0.2) is 9.97 Å². The molecule has 3 heterocycles. The van der Waals surface area contributed by atoms with Gasteiger partial charge in [-0.15, -0.1) is 0 Å². The molecule has 0 spiro atoms. The molecule has 2 aromatic rings. The Balaban J connectivity index is 1.80. The number of ketones is 1. The van der Waals surface area contributed by atoms with Crippen LogP contribution in [0.5, 0.6) is 0 Å². The van der Waals surface area contributed by atoms with Crippen molar-refractivity contribution in [2.75, 3.05) is 23.7 Å². The first-order valence-corrected chi connectivity index (χ1v) is 9.49. The van der Waals surface area contributed by atoms with Gasteiger partial charge in [0.2, 0.25) is 5.91 Å². The molecule has 1 unspecified atom stereocenters.